The second-order valence-electron chi connectivity index (χ2n) is 9.51. The van der Waals surface area contributed by atoms with E-state index in [4.69, 9.17) is 14.5 Å². The summed E-state index contributed by atoms with van der Waals surface area (Å²) in [6.45, 7) is 10.2. The fourth-order valence-corrected chi connectivity index (χ4v) is 4.26. The minimum atomic E-state index is 0.315. The van der Waals surface area contributed by atoms with Crippen LogP contribution in [0.2, 0.25) is 0 Å². The van der Waals surface area contributed by atoms with Crippen molar-refractivity contribution in [3.63, 3.8) is 0 Å². The second-order valence-corrected chi connectivity index (χ2v) is 9.51. The van der Waals surface area contributed by atoms with Crippen LogP contribution in [0.1, 0.15) is 45.2 Å². The monoisotopic (exact) mass is 412 g/mol. The molecule has 6 heteroatoms. The van der Waals surface area contributed by atoms with Gasteiger partial charge in [0.05, 0.1) is 25.5 Å². The summed E-state index contributed by atoms with van der Waals surface area (Å²) in [7, 11) is 7.35. The molecule has 0 aliphatic carbocycles. The molecule has 164 valence electrons. The van der Waals surface area contributed by atoms with Crippen molar-refractivity contribution in [1.29, 1.82) is 0 Å². The average Bonchev–Trinajstić information content (AvgIpc) is 2.72. The van der Waals surface area contributed by atoms with Gasteiger partial charge in [-0.25, -0.2) is 9.97 Å². The van der Waals surface area contributed by atoms with Crippen LogP contribution in [0.4, 0.5) is 5.95 Å². The number of piperidine rings is 1. The van der Waals surface area contributed by atoms with Gasteiger partial charge in [0, 0.05) is 38.3 Å². The molecule has 2 heterocycles. The Balaban J connectivity index is 2.00. The molecule has 1 aliphatic heterocycles. The highest BCUT2D eigenvalue weighted by atomic mass is 16.5. The molecule has 0 bridgehead atoms. The lowest BCUT2D eigenvalue weighted by Crippen LogP contribution is -2.38. The molecule has 1 fully saturated rings. The van der Waals surface area contributed by atoms with Gasteiger partial charge in [-0.05, 0) is 43.5 Å². The van der Waals surface area contributed by atoms with E-state index < -0.39 is 0 Å². The summed E-state index contributed by atoms with van der Waals surface area (Å²) in [5, 5.41) is 0. The van der Waals surface area contributed by atoms with Gasteiger partial charge in [0.2, 0.25) is 5.95 Å². The third-order valence-corrected chi connectivity index (χ3v) is 5.57. The van der Waals surface area contributed by atoms with Gasteiger partial charge in [-0.2, -0.15) is 0 Å². The molecule has 1 aromatic heterocycles. The van der Waals surface area contributed by atoms with Crippen LogP contribution in [0.15, 0.2) is 24.4 Å². The normalized spacial score (nSPS) is 15.8. The smallest absolute Gasteiger partial charge is 0.225 e. The summed E-state index contributed by atoms with van der Waals surface area (Å²) in [5.74, 6) is 2.68. The largest absolute Gasteiger partial charge is 0.496 e. The summed E-state index contributed by atoms with van der Waals surface area (Å²) in [6.07, 6.45) is 4.11. The maximum atomic E-state index is 5.68. The summed E-state index contributed by atoms with van der Waals surface area (Å²) in [4.78, 5) is 14.2. The third kappa shape index (κ3) is 5.04. The van der Waals surface area contributed by atoms with E-state index in [9.17, 15) is 0 Å². The molecule has 0 radical (unpaired) electrons. The third-order valence-electron chi connectivity index (χ3n) is 5.57. The van der Waals surface area contributed by atoms with Gasteiger partial charge in [0.25, 0.3) is 0 Å². The average molecular weight is 413 g/mol. The number of nitrogens with zero attached hydrogens (tertiary/aromatic N) is 4. The summed E-state index contributed by atoms with van der Waals surface area (Å²) in [5.41, 5.74) is 3.34. The van der Waals surface area contributed by atoms with Gasteiger partial charge in [-0.15, -0.1) is 0 Å². The van der Waals surface area contributed by atoms with E-state index in [2.05, 4.69) is 30.7 Å². The van der Waals surface area contributed by atoms with E-state index >= 15 is 0 Å². The molecule has 1 aliphatic rings. The van der Waals surface area contributed by atoms with Crippen molar-refractivity contribution in [3.8, 4) is 22.6 Å². The zero-order chi connectivity index (χ0) is 21.9. The molecule has 30 heavy (non-hydrogen) atoms. The number of hydrogen-bond donors (Lipinski definition) is 0. The molecule has 6 nitrogen and oxygen atoms in total. The Morgan fingerprint density at radius 2 is 1.67 bits per heavy atom. The summed E-state index contributed by atoms with van der Waals surface area (Å²) in [6, 6.07) is 5.88. The lowest BCUT2D eigenvalue weighted by Gasteiger charge is -2.36. The first kappa shape index (κ1) is 22.3. The first-order valence-corrected chi connectivity index (χ1v) is 10.7. The Morgan fingerprint density at radius 3 is 2.17 bits per heavy atom. The quantitative estimate of drug-likeness (QED) is 0.699. The van der Waals surface area contributed by atoms with E-state index in [1.807, 2.05) is 43.4 Å². The molecule has 0 amide bonds. The van der Waals surface area contributed by atoms with Crippen molar-refractivity contribution < 1.29 is 9.47 Å². The SMILES string of the molecule is COc1cccc(OC)c1-c1cnc(N(C)C)nc1C1CCN(CC(C)(C)C)CC1. The Kier molecular flexibility index (Phi) is 6.86. The van der Waals surface area contributed by atoms with E-state index in [1.54, 1.807) is 14.2 Å². The zero-order valence-electron chi connectivity index (χ0n) is 19.5. The molecular weight excluding hydrogens is 376 g/mol. The van der Waals surface area contributed by atoms with Gasteiger partial charge < -0.3 is 19.3 Å². The van der Waals surface area contributed by atoms with Gasteiger partial charge in [-0.3, -0.25) is 0 Å². The molecule has 0 unspecified atom stereocenters. The van der Waals surface area contributed by atoms with Crippen LogP contribution < -0.4 is 14.4 Å². The first-order chi connectivity index (χ1) is 14.2. The predicted molar refractivity (Wildman–Crippen MR) is 123 cm³/mol. The summed E-state index contributed by atoms with van der Waals surface area (Å²) < 4.78 is 11.4. The van der Waals surface area contributed by atoms with Crippen LogP contribution in [-0.4, -0.2) is 62.8 Å². The number of likely N-dealkylation sites (tertiary alicyclic amines) is 1. The molecule has 0 atom stereocenters. The number of benzene rings is 1. The van der Waals surface area contributed by atoms with E-state index in [0.29, 0.717) is 11.3 Å². The van der Waals surface area contributed by atoms with Crippen molar-refractivity contribution in [3.05, 3.63) is 30.1 Å². The van der Waals surface area contributed by atoms with Crippen LogP contribution in [0.25, 0.3) is 11.1 Å². The molecule has 1 saturated heterocycles. The summed E-state index contributed by atoms with van der Waals surface area (Å²) >= 11 is 0. The Morgan fingerprint density at radius 1 is 1.07 bits per heavy atom. The minimum absolute atomic E-state index is 0.315. The maximum Gasteiger partial charge on any atom is 0.225 e. The molecule has 0 N–H and O–H groups in total. The second kappa shape index (κ2) is 9.21. The van der Waals surface area contributed by atoms with Crippen LogP contribution in [0.5, 0.6) is 11.5 Å². The number of rotatable bonds is 6. The van der Waals surface area contributed by atoms with Gasteiger partial charge in [0.15, 0.2) is 0 Å². The van der Waals surface area contributed by atoms with Crippen LogP contribution in [-0.2, 0) is 0 Å². The highest BCUT2D eigenvalue weighted by molar-refractivity contribution is 5.78. The van der Waals surface area contributed by atoms with Gasteiger partial charge in [0.1, 0.15) is 11.5 Å². The van der Waals surface area contributed by atoms with Crippen molar-refractivity contribution >= 4 is 5.95 Å². The lowest BCUT2D eigenvalue weighted by molar-refractivity contribution is 0.153. The molecule has 2 aromatic rings. The van der Waals surface area contributed by atoms with E-state index in [1.165, 1.54) is 0 Å². The van der Waals surface area contributed by atoms with Crippen LogP contribution in [0.3, 0.4) is 0 Å². The Labute approximate surface area is 181 Å². The van der Waals surface area contributed by atoms with Crippen LogP contribution in [0, 0.1) is 5.41 Å². The number of aromatic nitrogens is 2. The van der Waals surface area contributed by atoms with E-state index in [-0.39, 0.29) is 0 Å². The predicted octanol–water partition coefficient (Wildman–Crippen LogP) is 4.45. The van der Waals surface area contributed by atoms with Crippen molar-refractivity contribution in [1.82, 2.24) is 14.9 Å². The Bertz CT molecular complexity index is 831. The first-order valence-electron chi connectivity index (χ1n) is 10.7. The topological polar surface area (TPSA) is 50.7 Å². The van der Waals surface area contributed by atoms with E-state index in [0.717, 1.165) is 66.7 Å². The molecular formula is C24H36N4O2. The number of methoxy groups -OCH3 is 2. The molecule has 0 spiro atoms. The zero-order valence-corrected chi connectivity index (χ0v) is 19.5. The van der Waals surface area contributed by atoms with Gasteiger partial charge in [-0.1, -0.05) is 26.8 Å². The maximum absolute atomic E-state index is 5.68. The molecule has 3 rings (SSSR count). The fourth-order valence-electron chi connectivity index (χ4n) is 4.26. The van der Waals surface area contributed by atoms with Gasteiger partial charge >= 0.3 is 0 Å². The Hall–Kier alpha value is -2.34. The highest BCUT2D eigenvalue weighted by Crippen LogP contribution is 2.43. The fraction of sp³-hybridized carbons (Fsp3) is 0.583. The highest BCUT2D eigenvalue weighted by Gasteiger charge is 2.28. The van der Waals surface area contributed by atoms with Crippen molar-refractivity contribution in [2.24, 2.45) is 5.41 Å². The minimum Gasteiger partial charge on any atom is -0.496 e. The number of anilines is 1. The van der Waals surface area contributed by atoms with Crippen molar-refractivity contribution in [2.75, 3.05) is 52.8 Å². The number of hydrogen-bond acceptors (Lipinski definition) is 6. The molecule has 0 saturated carbocycles. The van der Waals surface area contributed by atoms with Crippen molar-refractivity contribution in [2.45, 2.75) is 39.5 Å². The lowest BCUT2D eigenvalue weighted by atomic mass is 9.87. The van der Waals surface area contributed by atoms with Crippen LogP contribution >= 0.6 is 0 Å². The standard InChI is InChI=1S/C24H36N4O2/c1-24(2,3)16-28-13-11-17(12-14-28)22-18(15-25-23(26-22)27(4)5)21-19(29-6)9-8-10-20(21)30-7/h8-10,15,17H,11-14,16H2,1-7H3. The number of ether oxygens (including phenoxy) is 2. The molecule has 1 aromatic carbocycles.